The topological polar surface area (TPSA) is 29.9 Å². The van der Waals surface area contributed by atoms with Crippen molar-refractivity contribution in [2.75, 3.05) is 5.32 Å². The van der Waals surface area contributed by atoms with Crippen LogP contribution in [0.3, 0.4) is 0 Å². The lowest BCUT2D eigenvalue weighted by Gasteiger charge is -2.13. The first-order valence-electron chi connectivity index (χ1n) is 6.45. The molecule has 1 aromatic carbocycles. The Labute approximate surface area is 125 Å². The molecule has 2 aromatic rings. The third-order valence-electron chi connectivity index (χ3n) is 2.86. The minimum Gasteiger partial charge on any atom is -0.379 e. The van der Waals surface area contributed by atoms with E-state index in [4.69, 9.17) is 0 Å². The zero-order valence-corrected chi connectivity index (χ0v) is 12.5. The van der Waals surface area contributed by atoms with Crippen LogP contribution in [0.4, 0.5) is 18.9 Å². The highest BCUT2D eigenvalue weighted by Gasteiger charge is 2.28. The summed E-state index contributed by atoms with van der Waals surface area (Å²) in [7, 11) is 0. The van der Waals surface area contributed by atoms with E-state index < -0.39 is 5.51 Å². The number of aromatic nitrogens is 2. The fourth-order valence-electron chi connectivity index (χ4n) is 1.90. The SMILES string of the molecule is CC(C)n1cncc1CNc1ccc(SC(F)(F)F)cc1. The molecule has 3 nitrogen and oxygen atoms in total. The van der Waals surface area contributed by atoms with Gasteiger partial charge in [0.15, 0.2) is 0 Å². The van der Waals surface area contributed by atoms with Gasteiger partial charge in [0.1, 0.15) is 0 Å². The summed E-state index contributed by atoms with van der Waals surface area (Å²) >= 11 is -0.110. The molecule has 7 heteroatoms. The zero-order chi connectivity index (χ0) is 15.5. The summed E-state index contributed by atoms with van der Waals surface area (Å²) in [6, 6.07) is 6.52. The molecule has 21 heavy (non-hydrogen) atoms. The van der Waals surface area contributed by atoms with Crippen molar-refractivity contribution in [3.8, 4) is 0 Å². The van der Waals surface area contributed by atoms with Gasteiger partial charge >= 0.3 is 5.51 Å². The summed E-state index contributed by atoms with van der Waals surface area (Å²) in [5.74, 6) is 0. The number of halogens is 3. The Balaban J connectivity index is 1.96. The molecule has 0 bridgehead atoms. The Morgan fingerprint density at radius 2 is 1.90 bits per heavy atom. The summed E-state index contributed by atoms with van der Waals surface area (Å²) in [6.07, 6.45) is 3.55. The van der Waals surface area contributed by atoms with E-state index in [1.807, 2.05) is 4.57 Å². The van der Waals surface area contributed by atoms with Crippen LogP contribution in [0.25, 0.3) is 0 Å². The molecular weight excluding hydrogens is 299 g/mol. The number of benzene rings is 1. The van der Waals surface area contributed by atoms with Gasteiger partial charge < -0.3 is 9.88 Å². The van der Waals surface area contributed by atoms with E-state index in [1.54, 1.807) is 24.7 Å². The number of hydrogen-bond acceptors (Lipinski definition) is 3. The van der Waals surface area contributed by atoms with Gasteiger partial charge in [-0.3, -0.25) is 0 Å². The van der Waals surface area contributed by atoms with E-state index in [1.165, 1.54) is 12.1 Å². The molecule has 0 saturated carbocycles. The van der Waals surface area contributed by atoms with Gasteiger partial charge in [0.2, 0.25) is 0 Å². The Bertz CT molecular complexity index is 576. The van der Waals surface area contributed by atoms with E-state index >= 15 is 0 Å². The van der Waals surface area contributed by atoms with Crippen LogP contribution < -0.4 is 5.32 Å². The van der Waals surface area contributed by atoms with Gasteiger partial charge in [-0.05, 0) is 49.9 Å². The first kappa shape index (κ1) is 15.8. The Hall–Kier alpha value is -1.63. The highest BCUT2D eigenvalue weighted by molar-refractivity contribution is 8.00. The van der Waals surface area contributed by atoms with Crippen molar-refractivity contribution in [3.63, 3.8) is 0 Å². The summed E-state index contributed by atoms with van der Waals surface area (Å²) in [6.45, 7) is 4.70. The van der Waals surface area contributed by atoms with E-state index in [2.05, 4.69) is 24.1 Å². The number of anilines is 1. The number of hydrogen-bond donors (Lipinski definition) is 1. The molecule has 0 saturated heterocycles. The lowest BCUT2D eigenvalue weighted by Crippen LogP contribution is -2.08. The molecule has 0 atom stereocenters. The fraction of sp³-hybridized carbons (Fsp3) is 0.357. The average molecular weight is 315 g/mol. The van der Waals surface area contributed by atoms with Gasteiger partial charge in [-0.1, -0.05) is 0 Å². The molecule has 0 aliphatic rings. The van der Waals surface area contributed by atoms with Crippen LogP contribution in [0, 0.1) is 0 Å². The van der Waals surface area contributed by atoms with Gasteiger partial charge in [-0.25, -0.2) is 4.98 Å². The summed E-state index contributed by atoms with van der Waals surface area (Å²) in [4.78, 5) is 4.29. The van der Waals surface area contributed by atoms with Gasteiger partial charge in [-0.2, -0.15) is 13.2 Å². The summed E-state index contributed by atoms with van der Waals surface area (Å²) in [5.41, 5.74) is -2.45. The van der Waals surface area contributed by atoms with Crippen LogP contribution in [0.15, 0.2) is 41.7 Å². The van der Waals surface area contributed by atoms with Crippen LogP contribution in [0.2, 0.25) is 0 Å². The lowest BCUT2D eigenvalue weighted by atomic mass is 10.3. The molecule has 0 aliphatic carbocycles. The number of nitrogens with one attached hydrogen (secondary N) is 1. The van der Waals surface area contributed by atoms with Crippen molar-refractivity contribution < 1.29 is 13.2 Å². The molecule has 0 aliphatic heterocycles. The highest BCUT2D eigenvalue weighted by Crippen LogP contribution is 2.37. The molecule has 1 aromatic heterocycles. The van der Waals surface area contributed by atoms with E-state index in [-0.39, 0.29) is 16.7 Å². The maximum absolute atomic E-state index is 12.2. The van der Waals surface area contributed by atoms with Crippen LogP contribution >= 0.6 is 11.8 Å². The van der Waals surface area contributed by atoms with Crippen molar-refractivity contribution in [1.29, 1.82) is 0 Å². The monoisotopic (exact) mass is 315 g/mol. The number of alkyl halides is 3. The molecule has 114 valence electrons. The Morgan fingerprint density at radius 3 is 2.48 bits per heavy atom. The minimum atomic E-state index is -4.25. The fourth-order valence-corrected chi connectivity index (χ4v) is 2.44. The van der Waals surface area contributed by atoms with Crippen molar-refractivity contribution in [2.45, 2.75) is 36.8 Å². The average Bonchev–Trinajstić information content (AvgIpc) is 2.84. The normalized spacial score (nSPS) is 11.9. The summed E-state index contributed by atoms with van der Waals surface area (Å²) in [5, 5.41) is 3.18. The lowest BCUT2D eigenvalue weighted by molar-refractivity contribution is -0.0328. The predicted octanol–water partition coefficient (Wildman–Crippen LogP) is 4.69. The molecule has 0 radical (unpaired) electrons. The van der Waals surface area contributed by atoms with Crippen molar-refractivity contribution in [1.82, 2.24) is 9.55 Å². The second-order valence-corrected chi connectivity index (χ2v) is 5.95. The standard InChI is InChI=1S/C14H16F3N3S/c1-10(2)20-9-18-7-12(20)8-19-11-3-5-13(6-4-11)21-14(15,16)17/h3-7,9-10,19H,8H2,1-2H3. The van der Waals surface area contributed by atoms with Crippen LogP contribution in [0.5, 0.6) is 0 Å². The minimum absolute atomic E-state index is 0.110. The largest absolute Gasteiger partial charge is 0.446 e. The smallest absolute Gasteiger partial charge is 0.379 e. The van der Waals surface area contributed by atoms with E-state index in [0.29, 0.717) is 12.6 Å². The maximum Gasteiger partial charge on any atom is 0.446 e. The molecule has 0 fully saturated rings. The number of nitrogens with zero attached hydrogens (tertiary/aromatic N) is 2. The molecule has 1 heterocycles. The number of thioether (sulfide) groups is 1. The molecular formula is C14H16F3N3S. The molecule has 0 unspecified atom stereocenters. The van der Waals surface area contributed by atoms with Gasteiger partial charge in [-0.15, -0.1) is 0 Å². The Morgan fingerprint density at radius 1 is 1.24 bits per heavy atom. The quantitative estimate of drug-likeness (QED) is 0.812. The van der Waals surface area contributed by atoms with Crippen molar-refractivity contribution in [2.24, 2.45) is 0 Å². The second kappa shape index (κ2) is 6.43. The molecule has 0 amide bonds. The first-order valence-corrected chi connectivity index (χ1v) is 7.27. The number of imidazole rings is 1. The Kier molecular flexibility index (Phi) is 4.82. The highest BCUT2D eigenvalue weighted by atomic mass is 32.2. The summed E-state index contributed by atoms with van der Waals surface area (Å²) < 4.78 is 38.7. The van der Waals surface area contributed by atoms with E-state index in [9.17, 15) is 13.2 Å². The zero-order valence-electron chi connectivity index (χ0n) is 11.7. The number of rotatable bonds is 5. The van der Waals surface area contributed by atoms with Crippen LogP contribution in [-0.2, 0) is 6.54 Å². The third-order valence-corrected chi connectivity index (χ3v) is 3.60. The molecule has 2 rings (SSSR count). The van der Waals surface area contributed by atoms with Crippen molar-refractivity contribution in [3.05, 3.63) is 42.5 Å². The van der Waals surface area contributed by atoms with Crippen LogP contribution in [0.1, 0.15) is 25.6 Å². The van der Waals surface area contributed by atoms with E-state index in [0.717, 1.165) is 11.4 Å². The van der Waals surface area contributed by atoms with Crippen molar-refractivity contribution >= 4 is 17.4 Å². The molecule has 0 spiro atoms. The first-order chi connectivity index (χ1) is 9.85. The van der Waals surface area contributed by atoms with Gasteiger partial charge in [0.25, 0.3) is 0 Å². The maximum atomic E-state index is 12.2. The van der Waals surface area contributed by atoms with Gasteiger partial charge in [0.05, 0.1) is 18.6 Å². The predicted molar refractivity (Wildman–Crippen MR) is 78.3 cm³/mol. The molecule has 1 N–H and O–H groups in total. The second-order valence-electron chi connectivity index (χ2n) is 4.81. The third kappa shape index (κ3) is 4.70. The van der Waals surface area contributed by atoms with Crippen LogP contribution in [-0.4, -0.2) is 15.1 Å². The van der Waals surface area contributed by atoms with Gasteiger partial charge in [0, 0.05) is 22.8 Å².